The SMILES string of the molecule is CO/C(Nc1cccc(-c2cccc(C)c2OCc2ccc3c(c2Cl)CCN(C2CCOCC2)C3)n1)=C(/C=N)C(=O)O. The van der Waals surface area contributed by atoms with Crippen molar-refractivity contribution in [2.75, 3.05) is 32.2 Å². The first-order chi connectivity index (χ1) is 20.4. The Morgan fingerprint density at radius 1 is 1.21 bits per heavy atom. The average molecular weight is 591 g/mol. The lowest BCUT2D eigenvalue weighted by Gasteiger charge is -2.38. The molecule has 0 bridgehead atoms. The van der Waals surface area contributed by atoms with Crippen molar-refractivity contribution in [3.63, 3.8) is 0 Å². The smallest absolute Gasteiger partial charge is 0.342 e. The van der Waals surface area contributed by atoms with Crippen LogP contribution in [0.4, 0.5) is 5.82 Å². The topological polar surface area (TPSA) is 117 Å². The van der Waals surface area contributed by atoms with E-state index in [4.69, 9.17) is 31.2 Å². The van der Waals surface area contributed by atoms with Gasteiger partial charge in [-0.15, -0.1) is 0 Å². The first-order valence-corrected chi connectivity index (χ1v) is 14.4. The number of carboxylic acid groups (broad SMARTS) is 1. The first kappa shape index (κ1) is 29.6. The van der Waals surface area contributed by atoms with Gasteiger partial charge in [0.25, 0.3) is 0 Å². The van der Waals surface area contributed by atoms with Crippen molar-refractivity contribution in [3.05, 3.63) is 87.3 Å². The van der Waals surface area contributed by atoms with Crippen molar-refractivity contribution < 1.29 is 24.1 Å². The van der Waals surface area contributed by atoms with Crippen molar-refractivity contribution in [3.8, 4) is 17.0 Å². The van der Waals surface area contributed by atoms with E-state index >= 15 is 0 Å². The van der Waals surface area contributed by atoms with E-state index in [1.165, 1.54) is 18.2 Å². The zero-order valence-corrected chi connectivity index (χ0v) is 24.5. The van der Waals surface area contributed by atoms with Crippen molar-refractivity contribution in [1.82, 2.24) is 9.88 Å². The van der Waals surface area contributed by atoms with Crippen LogP contribution in [0.1, 0.15) is 35.1 Å². The number of aromatic nitrogens is 1. The Balaban J connectivity index is 1.35. The monoisotopic (exact) mass is 590 g/mol. The molecule has 0 saturated carbocycles. The summed E-state index contributed by atoms with van der Waals surface area (Å²) in [6.07, 6.45) is 3.80. The number of nitrogens with one attached hydrogen (secondary N) is 2. The number of methoxy groups -OCH3 is 1. The van der Waals surface area contributed by atoms with Crippen molar-refractivity contribution in [2.24, 2.45) is 0 Å². The maximum Gasteiger partial charge on any atom is 0.342 e. The summed E-state index contributed by atoms with van der Waals surface area (Å²) in [6.45, 7) is 5.87. The van der Waals surface area contributed by atoms with Gasteiger partial charge in [-0.05, 0) is 61.1 Å². The number of carbonyl (C=O) groups is 1. The highest BCUT2D eigenvalue weighted by molar-refractivity contribution is 6.32. The molecule has 0 spiro atoms. The summed E-state index contributed by atoms with van der Waals surface area (Å²) in [5, 5.41) is 20.4. The second-order valence-electron chi connectivity index (χ2n) is 10.4. The molecule has 0 aliphatic carbocycles. The minimum absolute atomic E-state index is 0.0826. The van der Waals surface area contributed by atoms with Crippen LogP contribution in [0.3, 0.4) is 0 Å². The van der Waals surface area contributed by atoms with Gasteiger partial charge in [-0.3, -0.25) is 4.90 Å². The van der Waals surface area contributed by atoms with Crippen molar-refractivity contribution in [1.29, 1.82) is 5.41 Å². The standard InChI is InChI=1S/C32H35ClN4O5/c1-20-5-3-6-25(27-7-4-8-28(35-27)36-31(40-2)26(17-34)32(38)39)30(20)42-19-22-10-9-21-18-37(14-11-24(21)29(22)33)23-12-15-41-16-13-23/h3-10,17,23,34H,11-16,18-19H2,1-2H3,(H,35,36)(H,38,39)/b31-26-,34-17?. The van der Waals surface area contributed by atoms with Gasteiger partial charge in [-0.1, -0.05) is 41.9 Å². The molecule has 3 N–H and O–H groups in total. The van der Waals surface area contributed by atoms with Gasteiger partial charge in [0, 0.05) is 49.7 Å². The zero-order chi connectivity index (χ0) is 29.6. The Hall–Kier alpha value is -3.92. The number of hydrogen-bond donors (Lipinski definition) is 3. The molecular formula is C32H35ClN4O5. The molecule has 1 saturated heterocycles. The molecule has 0 unspecified atom stereocenters. The molecule has 10 heteroatoms. The lowest BCUT2D eigenvalue weighted by atomic mass is 9.94. The predicted octanol–water partition coefficient (Wildman–Crippen LogP) is 5.83. The normalized spacial score (nSPS) is 16.3. The van der Waals surface area contributed by atoms with E-state index in [2.05, 4.69) is 27.3 Å². The highest BCUT2D eigenvalue weighted by Crippen LogP contribution is 2.36. The van der Waals surface area contributed by atoms with Crippen LogP contribution < -0.4 is 10.1 Å². The molecule has 3 heterocycles. The van der Waals surface area contributed by atoms with Gasteiger partial charge in [0.2, 0.25) is 5.88 Å². The Labute approximate surface area is 250 Å². The summed E-state index contributed by atoms with van der Waals surface area (Å²) in [5.74, 6) is -0.307. The van der Waals surface area contributed by atoms with Gasteiger partial charge >= 0.3 is 5.97 Å². The van der Waals surface area contributed by atoms with Crippen molar-refractivity contribution >= 4 is 29.6 Å². The maximum absolute atomic E-state index is 11.5. The second-order valence-corrected chi connectivity index (χ2v) is 10.8. The third kappa shape index (κ3) is 6.43. The largest absolute Gasteiger partial charge is 0.488 e. The summed E-state index contributed by atoms with van der Waals surface area (Å²) < 4.78 is 17.1. The van der Waals surface area contributed by atoms with Gasteiger partial charge in [-0.2, -0.15) is 0 Å². The first-order valence-electron chi connectivity index (χ1n) is 14.0. The molecule has 0 atom stereocenters. The molecule has 1 aromatic heterocycles. The lowest BCUT2D eigenvalue weighted by molar-refractivity contribution is -0.132. The number of pyridine rings is 1. The number of benzene rings is 2. The van der Waals surface area contributed by atoms with Crippen LogP contribution in [0, 0.1) is 12.3 Å². The highest BCUT2D eigenvalue weighted by atomic mass is 35.5. The molecule has 3 aromatic rings. The average Bonchev–Trinajstić information content (AvgIpc) is 3.01. The second kappa shape index (κ2) is 13.4. The molecule has 2 aliphatic heterocycles. The zero-order valence-electron chi connectivity index (χ0n) is 23.8. The molecule has 5 rings (SSSR count). The quantitative estimate of drug-likeness (QED) is 0.153. The molecule has 9 nitrogen and oxygen atoms in total. The van der Waals surface area contributed by atoms with E-state index in [0.29, 0.717) is 29.9 Å². The molecule has 1 fully saturated rings. The number of fused-ring (bicyclic) bond motifs is 1. The molecule has 2 aliphatic rings. The Morgan fingerprint density at radius 3 is 2.74 bits per heavy atom. The summed E-state index contributed by atoms with van der Waals surface area (Å²) >= 11 is 6.95. The van der Waals surface area contributed by atoms with Gasteiger partial charge in [-0.25, -0.2) is 9.78 Å². The number of aryl methyl sites for hydroxylation is 1. The van der Waals surface area contributed by atoms with Crippen LogP contribution in [-0.4, -0.2) is 60.1 Å². The molecule has 0 amide bonds. The number of ether oxygens (including phenoxy) is 3. The molecule has 0 radical (unpaired) electrons. The third-order valence-corrected chi connectivity index (χ3v) is 8.29. The van der Waals surface area contributed by atoms with Crippen LogP contribution in [0.15, 0.2) is 60.0 Å². The molecule has 220 valence electrons. The van der Waals surface area contributed by atoms with Gasteiger partial charge in [0.05, 0.1) is 17.8 Å². The number of aliphatic carboxylic acids is 1. The van der Waals surface area contributed by atoms with Gasteiger partial charge in [0.15, 0.2) is 0 Å². The molecule has 42 heavy (non-hydrogen) atoms. The minimum Gasteiger partial charge on any atom is -0.488 e. The Kier molecular flexibility index (Phi) is 9.41. The number of rotatable bonds is 10. The number of para-hydroxylation sites is 1. The number of nitrogens with zero attached hydrogens (tertiary/aromatic N) is 2. The van der Waals surface area contributed by atoms with Crippen LogP contribution in [0.2, 0.25) is 5.02 Å². The summed E-state index contributed by atoms with van der Waals surface area (Å²) in [7, 11) is 1.33. The summed E-state index contributed by atoms with van der Waals surface area (Å²) in [6, 6.07) is 16.0. The van der Waals surface area contributed by atoms with Crippen LogP contribution in [-0.2, 0) is 33.8 Å². The van der Waals surface area contributed by atoms with E-state index in [1.54, 1.807) is 12.1 Å². The highest BCUT2D eigenvalue weighted by Gasteiger charge is 2.27. The van der Waals surface area contributed by atoms with E-state index in [0.717, 1.165) is 73.5 Å². The fourth-order valence-corrected chi connectivity index (χ4v) is 5.91. The predicted molar refractivity (Wildman–Crippen MR) is 162 cm³/mol. The van der Waals surface area contributed by atoms with E-state index in [1.807, 2.05) is 31.2 Å². The van der Waals surface area contributed by atoms with E-state index < -0.39 is 5.97 Å². The fourth-order valence-electron chi connectivity index (χ4n) is 5.57. The summed E-state index contributed by atoms with van der Waals surface area (Å²) in [5.41, 5.74) is 5.48. The molecule has 2 aromatic carbocycles. The Bertz CT molecular complexity index is 1500. The number of anilines is 1. The number of halogens is 1. The third-order valence-electron chi connectivity index (χ3n) is 7.82. The van der Waals surface area contributed by atoms with Crippen LogP contribution in [0.25, 0.3) is 11.3 Å². The van der Waals surface area contributed by atoms with Crippen LogP contribution in [0.5, 0.6) is 5.75 Å². The Morgan fingerprint density at radius 2 is 2.00 bits per heavy atom. The van der Waals surface area contributed by atoms with Gasteiger partial charge in [0.1, 0.15) is 23.7 Å². The van der Waals surface area contributed by atoms with E-state index in [9.17, 15) is 9.90 Å². The van der Waals surface area contributed by atoms with Crippen molar-refractivity contribution in [2.45, 2.75) is 45.4 Å². The van der Waals surface area contributed by atoms with Crippen LogP contribution >= 0.6 is 11.6 Å². The summed E-state index contributed by atoms with van der Waals surface area (Å²) in [4.78, 5) is 18.7. The lowest BCUT2D eigenvalue weighted by Crippen LogP contribution is -2.42. The maximum atomic E-state index is 11.5. The fraction of sp³-hybridized carbons (Fsp3) is 0.344. The van der Waals surface area contributed by atoms with E-state index in [-0.39, 0.29) is 11.5 Å². The minimum atomic E-state index is -1.28. The number of carboxylic acids is 1. The number of hydrogen-bond acceptors (Lipinski definition) is 8. The molecular weight excluding hydrogens is 556 g/mol. The van der Waals surface area contributed by atoms with Gasteiger partial charge < -0.3 is 30.0 Å².